The minimum absolute atomic E-state index is 0.00823. The predicted octanol–water partition coefficient (Wildman–Crippen LogP) is 6.98. The van der Waals surface area contributed by atoms with Crippen LogP contribution in [0.4, 0.5) is 21.9 Å². The first kappa shape index (κ1) is 19.6. The summed E-state index contributed by atoms with van der Waals surface area (Å²) in [6.45, 7) is 2.06. The summed E-state index contributed by atoms with van der Waals surface area (Å²) >= 11 is 12.1. The van der Waals surface area contributed by atoms with Crippen LogP contribution in [0.25, 0.3) is 0 Å². The molecule has 148 valence electrons. The third-order valence-corrected chi connectivity index (χ3v) is 5.83. The van der Waals surface area contributed by atoms with Gasteiger partial charge in [0.05, 0.1) is 21.8 Å². The molecule has 0 saturated heterocycles. The Morgan fingerprint density at radius 1 is 0.931 bits per heavy atom. The second kappa shape index (κ2) is 8.36. The van der Waals surface area contributed by atoms with Crippen molar-refractivity contribution in [2.75, 3.05) is 15.5 Å². The molecule has 0 radical (unpaired) electrons. The number of nitrogens with zero attached hydrogens (tertiary/aromatic N) is 1. The molecule has 0 spiro atoms. The molecule has 0 aromatic heterocycles. The SMILES string of the molecule is C[C@@H]1C[C@H](Nc2ccccc2)c2ccccc2N1C(=O)Nc1ccc(Cl)c(Cl)c1. The van der Waals surface area contributed by atoms with Crippen LogP contribution in [0.5, 0.6) is 0 Å². The molecule has 1 aliphatic rings. The first-order chi connectivity index (χ1) is 14.0. The van der Waals surface area contributed by atoms with E-state index in [0.717, 1.165) is 23.4 Å². The van der Waals surface area contributed by atoms with Gasteiger partial charge < -0.3 is 10.6 Å². The van der Waals surface area contributed by atoms with E-state index < -0.39 is 0 Å². The van der Waals surface area contributed by atoms with Gasteiger partial charge in [0.1, 0.15) is 0 Å². The lowest BCUT2D eigenvalue weighted by Crippen LogP contribution is -2.46. The van der Waals surface area contributed by atoms with E-state index in [4.69, 9.17) is 23.2 Å². The third kappa shape index (κ3) is 4.19. The van der Waals surface area contributed by atoms with Crippen LogP contribution in [0.2, 0.25) is 10.0 Å². The molecular formula is C23H21Cl2N3O. The topological polar surface area (TPSA) is 44.4 Å². The normalized spacial score (nSPS) is 18.1. The largest absolute Gasteiger partial charge is 0.378 e. The Hall–Kier alpha value is -2.69. The fourth-order valence-corrected chi connectivity index (χ4v) is 4.05. The van der Waals surface area contributed by atoms with Gasteiger partial charge in [-0.25, -0.2) is 4.79 Å². The lowest BCUT2D eigenvalue weighted by molar-refractivity contribution is 0.254. The molecule has 2 atom stereocenters. The summed E-state index contributed by atoms with van der Waals surface area (Å²) in [7, 11) is 0. The number of hydrogen-bond donors (Lipinski definition) is 2. The predicted molar refractivity (Wildman–Crippen MR) is 121 cm³/mol. The number of carbonyl (C=O) groups is 1. The number of amides is 2. The van der Waals surface area contributed by atoms with Crippen molar-refractivity contribution >= 4 is 46.3 Å². The molecular weight excluding hydrogens is 405 g/mol. The van der Waals surface area contributed by atoms with Gasteiger partial charge in [-0.05, 0) is 55.3 Å². The molecule has 0 unspecified atom stereocenters. The number of halogens is 2. The zero-order valence-electron chi connectivity index (χ0n) is 15.9. The van der Waals surface area contributed by atoms with Gasteiger partial charge in [-0.1, -0.05) is 59.6 Å². The third-order valence-electron chi connectivity index (χ3n) is 5.09. The Kier molecular flexibility index (Phi) is 5.65. The summed E-state index contributed by atoms with van der Waals surface area (Å²) in [6.07, 6.45) is 0.792. The molecule has 6 heteroatoms. The number of anilines is 3. The highest BCUT2D eigenvalue weighted by Crippen LogP contribution is 2.39. The molecule has 3 aromatic carbocycles. The van der Waals surface area contributed by atoms with E-state index in [1.807, 2.05) is 36.4 Å². The van der Waals surface area contributed by atoms with E-state index in [0.29, 0.717) is 15.7 Å². The number of fused-ring (bicyclic) bond motifs is 1. The van der Waals surface area contributed by atoms with Crippen LogP contribution in [0.3, 0.4) is 0 Å². The van der Waals surface area contributed by atoms with Crippen LogP contribution < -0.4 is 15.5 Å². The van der Waals surface area contributed by atoms with E-state index in [-0.39, 0.29) is 18.1 Å². The number of para-hydroxylation sites is 2. The monoisotopic (exact) mass is 425 g/mol. The van der Waals surface area contributed by atoms with Gasteiger partial charge in [0.2, 0.25) is 0 Å². The maximum absolute atomic E-state index is 13.1. The summed E-state index contributed by atoms with van der Waals surface area (Å²) in [4.78, 5) is 14.9. The van der Waals surface area contributed by atoms with Gasteiger partial charge >= 0.3 is 6.03 Å². The van der Waals surface area contributed by atoms with Crippen LogP contribution in [-0.4, -0.2) is 12.1 Å². The van der Waals surface area contributed by atoms with Crippen molar-refractivity contribution in [1.82, 2.24) is 0 Å². The highest BCUT2D eigenvalue weighted by atomic mass is 35.5. The summed E-state index contributed by atoms with van der Waals surface area (Å²) < 4.78 is 0. The van der Waals surface area contributed by atoms with E-state index in [1.165, 1.54) is 0 Å². The zero-order chi connectivity index (χ0) is 20.4. The Morgan fingerprint density at radius 3 is 2.41 bits per heavy atom. The van der Waals surface area contributed by atoms with Crippen molar-refractivity contribution in [3.8, 4) is 0 Å². The Labute approximate surface area is 180 Å². The molecule has 0 saturated carbocycles. The molecule has 0 aliphatic carbocycles. The standard InChI is InChI=1S/C23H21Cl2N3O/c1-15-13-21(26-16-7-3-2-4-8-16)18-9-5-6-10-22(18)28(15)23(29)27-17-11-12-19(24)20(25)14-17/h2-12,14-15,21,26H,13H2,1H3,(H,27,29)/t15-,21+/m1/s1. The van der Waals surface area contributed by atoms with E-state index in [2.05, 4.69) is 35.8 Å². The lowest BCUT2D eigenvalue weighted by atomic mass is 9.91. The fourth-order valence-electron chi connectivity index (χ4n) is 3.75. The first-order valence-electron chi connectivity index (χ1n) is 9.48. The number of nitrogens with one attached hydrogen (secondary N) is 2. The maximum Gasteiger partial charge on any atom is 0.326 e. The van der Waals surface area contributed by atoms with Gasteiger partial charge in [0.25, 0.3) is 0 Å². The van der Waals surface area contributed by atoms with E-state index in [1.54, 1.807) is 23.1 Å². The molecule has 0 bridgehead atoms. The van der Waals surface area contributed by atoms with Crippen LogP contribution >= 0.6 is 23.2 Å². The molecule has 1 aliphatic heterocycles. The second-order valence-corrected chi connectivity index (χ2v) is 7.95. The average molecular weight is 426 g/mol. The fraction of sp³-hybridized carbons (Fsp3) is 0.174. The minimum atomic E-state index is -0.193. The van der Waals surface area contributed by atoms with Crippen molar-refractivity contribution in [3.63, 3.8) is 0 Å². The number of benzene rings is 3. The van der Waals surface area contributed by atoms with Crippen molar-refractivity contribution < 1.29 is 4.79 Å². The highest BCUT2D eigenvalue weighted by Gasteiger charge is 2.33. The smallest absolute Gasteiger partial charge is 0.326 e. The number of carbonyl (C=O) groups excluding carboxylic acids is 1. The summed E-state index contributed by atoms with van der Waals surface area (Å²) in [6, 6.07) is 23.1. The summed E-state index contributed by atoms with van der Waals surface area (Å²) in [5, 5.41) is 7.40. The molecule has 29 heavy (non-hydrogen) atoms. The minimum Gasteiger partial charge on any atom is -0.378 e. The molecule has 4 rings (SSSR count). The second-order valence-electron chi connectivity index (χ2n) is 7.14. The van der Waals surface area contributed by atoms with Gasteiger partial charge in [0.15, 0.2) is 0 Å². The maximum atomic E-state index is 13.1. The van der Waals surface area contributed by atoms with Crippen molar-refractivity contribution in [1.29, 1.82) is 0 Å². The molecule has 0 fully saturated rings. The van der Waals surface area contributed by atoms with E-state index >= 15 is 0 Å². The van der Waals surface area contributed by atoms with Gasteiger partial charge in [-0.15, -0.1) is 0 Å². The van der Waals surface area contributed by atoms with Crippen LogP contribution in [-0.2, 0) is 0 Å². The van der Waals surface area contributed by atoms with Crippen molar-refractivity contribution in [3.05, 3.63) is 88.4 Å². The zero-order valence-corrected chi connectivity index (χ0v) is 17.4. The van der Waals surface area contributed by atoms with Crippen molar-refractivity contribution in [2.24, 2.45) is 0 Å². The summed E-state index contributed by atoms with van der Waals surface area (Å²) in [5.41, 5.74) is 3.67. The van der Waals surface area contributed by atoms with Gasteiger partial charge in [0, 0.05) is 17.4 Å². The Bertz CT molecular complexity index is 1030. The lowest BCUT2D eigenvalue weighted by Gasteiger charge is -2.39. The van der Waals surface area contributed by atoms with Crippen LogP contribution in [0, 0.1) is 0 Å². The molecule has 1 heterocycles. The van der Waals surface area contributed by atoms with E-state index in [9.17, 15) is 4.79 Å². The number of rotatable bonds is 3. The Balaban J connectivity index is 1.60. The quantitative estimate of drug-likeness (QED) is 0.475. The molecule has 2 N–H and O–H groups in total. The van der Waals surface area contributed by atoms with Gasteiger partial charge in [-0.2, -0.15) is 0 Å². The average Bonchev–Trinajstić information content (AvgIpc) is 2.71. The van der Waals surface area contributed by atoms with Crippen LogP contribution in [0.1, 0.15) is 24.9 Å². The number of hydrogen-bond acceptors (Lipinski definition) is 2. The highest BCUT2D eigenvalue weighted by molar-refractivity contribution is 6.42. The molecule has 4 nitrogen and oxygen atoms in total. The van der Waals surface area contributed by atoms with Crippen LogP contribution in [0.15, 0.2) is 72.8 Å². The van der Waals surface area contributed by atoms with Gasteiger partial charge in [-0.3, -0.25) is 4.90 Å². The molecule has 3 aromatic rings. The molecule has 2 amide bonds. The number of urea groups is 1. The first-order valence-corrected chi connectivity index (χ1v) is 10.2. The summed E-state index contributed by atoms with van der Waals surface area (Å²) in [5.74, 6) is 0. The van der Waals surface area contributed by atoms with Crippen molar-refractivity contribution in [2.45, 2.75) is 25.4 Å². The Morgan fingerprint density at radius 2 is 1.66 bits per heavy atom.